The SMILES string of the molecule is CCCCCC(C)(C(N)=O)c1nc(-c2ccc(Cl)c(OC)c2)c(-c2ccncc2)[nH]1. The predicted octanol–water partition coefficient (Wildman–Crippen LogP) is 5.12. The normalized spacial score (nSPS) is 13.1. The zero-order valence-corrected chi connectivity index (χ0v) is 18.3. The molecule has 1 aromatic carbocycles. The van der Waals surface area contributed by atoms with Crippen LogP contribution in [0.1, 0.15) is 45.4 Å². The molecule has 2 aromatic heterocycles. The number of pyridine rings is 1. The second kappa shape index (κ2) is 9.30. The lowest BCUT2D eigenvalue weighted by atomic mass is 9.83. The summed E-state index contributed by atoms with van der Waals surface area (Å²) in [5.74, 6) is 0.718. The van der Waals surface area contributed by atoms with Gasteiger partial charge in [-0.25, -0.2) is 4.98 Å². The van der Waals surface area contributed by atoms with Crippen molar-refractivity contribution in [3.63, 3.8) is 0 Å². The molecule has 0 aliphatic heterocycles. The molecule has 1 atom stereocenters. The van der Waals surface area contributed by atoms with Crippen LogP contribution in [0.15, 0.2) is 42.7 Å². The summed E-state index contributed by atoms with van der Waals surface area (Å²) in [4.78, 5) is 24.8. The average Bonchev–Trinajstić information content (AvgIpc) is 3.20. The van der Waals surface area contributed by atoms with Crippen molar-refractivity contribution in [2.75, 3.05) is 7.11 Å². The number of hydrogen-bond acceptors (Lipinski definition) is 4. The number of nitrogens with zero attached hydrogens (tertiary/aromatic N) is 2. The summed E-state index contributed by atoms with van der Waals surface area (Å²) in [6.07, 6.45) is 7.05. The largest absolute Gasteiger partial charge is 0.495 e. The van der Waals surface area contributed by atoms with Crippen LogP contribution in [-0.2, 0) is 10.2 Å². The van der Waals surface area contributed by atoms with Gasteiger partial charge in [0.15, 0.2) is 0 Å². The molecule has 1 amide bonds. The van der Waals surface area contributed by atoms with Gasteiger partial charge in [0.1, 0.15) is 17.0 Å². The maximum Gasteiger partial charge on any atom is 0.230 e. The molecular formula is C23H27ClN4O2. The topological polar surface area (TPSA) is 93.9 Å². The third-order valence-corrected chi connectivity index (χ3v) is 5.76. The summed E-state index contributed by atoms with van der Waals surface area (Å²) in [5.41, 5.74) is 8.17. The Balaban J connectivity index is 2.16. The summed E-state index contributed by atoms with van der Waals surface area (Å²) in [6.45, 7) is 3.98. The van der Waals surface area contributed by atoms with Gasteiger partial charge in [-0.1, -0.05) is 43.9 Å². The van der Waals surface area contributed by atoms with E-state index in [1.54, 1.807) is 25.6 Å². The zero-order chi connectivity index (χ0) is 21.7. The van der Waals surface area contributed by atoms with Crippen molar-refractivity contribution in [2.24, 2.45) is 5.73 Å². The summed E-state index contributed by atoms with van der Waals surface area (Å²) >= 11 is 6.21. The molecule has 2 heterocycles. The molecule has 3 aromatic rings. The van der Waals surface area contributed by atoms with E-state index in [1.807, 2.05) is 31.2 Å². The van der Waals surface area contributed by atoms with E-state index in [1.165, 1.54) is 0 Å². The fourth-order valence-corrected chi connectivity index (χ4v) is 3.66. The number of primary amides is 1. The number of amides is 1. The van der Waals surface area contributed by atoms with E-state index >= 15 is 0 Å². The molecule has 0 aliphatic rings. The van der Waals surface area contributed by atoms with Gasteiger partial charge in [0.05, 0.1) is 23.5 Å². The first-order valence-corrected chi connectivity index (χ1v) is 10.4. The molecule has 0 saturated heterocycles. The number of ether oxygens (including phenoxy) is 1. The van der Waals surface area contributed by atoms with Crippen LogP contribution >= 0.6 is 11.6 Å². The number of aromatic nitrogens is 3. The van der Waals surface area contributed by atoms with Crippen LogP contribution in [0.4, 0.5) is 0 Å². The molecule has 3 rings (SSSR count). The molecule has 6 nitrogen and oxygen atoms in total. The number of rotatable bonds is 9. The third-order valence-electron chi connectivity index (χ3n) is 5.44. The smallest absolute Gasteiger partial charge is 0.230 e. The van der Waals surface area contributed by atoms with Gasteiger partial charge in [-0.05, 0) is 37.6 Å². The number of carbonyl (C=O) groups excluding carboxylic acids is 1. The highest BCUT2D eigenvalue weighted by Crippen LogP contribution is 2.38. The highest BCUT2D eigenvalue weighted by atomic mass is 35.5. The Bertz CT molecular complexity index is 1020. The molecule has 0 bridgehead atoms. The van der Waals surface area contributed by atoms with Crippen LogP contribution in [0.5, 0.6) is 5.75 Å². The number of aromatic amines is 1. The summed E-state index contributed by atoms with van der Waals surface area (Å²) < 4.78 is 5.38. The molecule has 1 unspecified atom stereocenters. The second-order valence-electron chi connectivity index (χ2n) is 7.55. The Morgan fingerprint density at radius 2 is 1.93 bits per heavy atom. The van der Waals surface area contributed by atoms with Crippen molar-refractivity contribution in [1.29, 1.82) is 0 Å². The fourth-order valence-electron chi connectivity index (χ4n) is 3.46. The standard InChI is InChI=1S/C23H27ClN4O2/c1-4-5-6-11-23(2,21(25)29)22-27-19(15-9-12-26-13-10-15)20(28-22)16-7-8-17(24)18(14-16)30-3/h7-10,12-14H,4-6,11H2,1-3H3,(H2,25,29)(H,27,28). The van der Waals surface area contributed by atoms with E-state index in [-0.39, 0.29) is 0 Å². The molecule has 0 radical (unpaired) electrons. The molecule has 0 aliphatic carbocycles. The zero-order valence-electron chi connectivity index (χ0n) is 17.5. The molecular weight excluding hydrogens is 400 g/mol. The fraction of sp³-hybridized carbons (Fsp3) is 0.348. The van der Waals surface area contributed by atoms with Crippen molar-refractivity contribution in [2.45, 2.75) is 44.9 Å². The first-order chi connectivity index (χ1) is 14.4. The first-order valence-electron chi connectivity index (χ1n) is 10.1. The Morgan fingerprint density at radius 3 is 2.57 bits per heavy atom. The maximum atomic E-state index is 12.5. The lowest BCUT2D eigenvalue weighted by Gasteiger charge is -2.23. The van der Waals surface area contributed by atoms with E-state index in [4.69, 9.17) is 27.1 Å². The lowest BCUT2D eigenvalue weighted by Crippen LogP contribution is -2.39. The number of H-pyrrole nitrogens is 1. The molecule has 0 spiro atoms. The van der Waals surface area contributed by atoms with E-state index in [0.717, 1.165) is 36.1 Å². The maximum absolute atomic E-state index is 12.5. The Hall–Kier alpha value is -2.86. The van der Waals surface area contributed by atoms with E-state index in [0.29, 0.717) is 28.7 Å². The number of carbonyl (C=O) groups is 1. The monoisotopic (exact) mass is 426 g/mol. The number of unbranched alkanes of at least 4 members (excludes halogenated alkanes) is 2. The number of hydrogen-bond donors (Lipinski definition) is 2. The van der Waals surface area contributed by atoms with E-state index < -0.39 is 11.3 Å². The molecule has 0 saturated carbocycles. The van der Waals surface area contributed by atoms with Gasteiger partial charge in [-0.3, -0.25) is 9.78 Å². The minimum absolute atomic E-state index is 0.395. The summed E-state index contributed by atoms with van der Waals surface area (Å²) in [6, 6.07) is 9.29. The minimum Gasteiger partial charge on any atom is -0.495 e. The van der Waals surface area contributed by atoms with Crippen LogP contribution in [0.3, 0.4) is 0 Å². The summed E-state index contributed by atoms with van der Waals surface area (Å²) in [5, 5.41) is 0.518. The van der Waals surface area contributed by atoms with E-state index in [9.17, 15) is 4.79 Å². The Morgan fingerprint density at radius 1 is 1.20 bits per heavy atom. The van der Waals surface area contributed by atoms with Crippen LogP contribution in [0, 0.1) is 0 Å². The number of nitrogens with one attached hydrogen (secondary N) is 1. The number of benzene rings is 1. The highest BCUT2D eigenvalue weighted by Gasteiger charge is 2.37. The van der Waals surface area contributed by atoms with Gasteiger partial charge >= 0.3 is 0 Å². The van der Waals surface area contributed by atoms with Crippen LogP contribution in [-0.4, -0.2) is 28.0 Å². The molecule has 3 N–H and O–H groups in total. The third kappa shape index (κ3) is 4.33. The molecule has 30 heavy (non-hydrogen) atoms. The quantitative estimate of drug-likeness (QED) is 0.464. The van der Waals surface area contributed by atoms with Crippen molar-refractivity contribution in [1.82, 2.24) is 15.0 Å². The molecule has 7 heteroatoms. The second-order valence-corrected chi connectivity index (χ2v) is 7.95. The van der Waals surface area contributed by atoms with Crippen LogP contribution in [0.2, 0.25) is 5.02 Å². The number of imidazole rings is 1. The molecule has 158 valence electrons. The van der Waals surface area contributed by atoms with Gasteiger partial charge in [0.25, 0.3) is 0 Å². The Kier molecular flexibility index (Phi) is 6.77. The lowest BCUT2D eigenvalue weighted by molar-refractivity contribution is -0.123. The van der Waals surface area contributed by atoms with Crippen molar-refractivity contribution < 1.29 is 9.53 Å². The number of nitrogens with two attached hydrogens (primary N) is 1. The number of methoxy groups -OCH3 is 1. The van der Waals surface area contributed by atoms with Gasteiger partial charge in [0.2, 0.25) is 5.91 Å². The van der Waals surface area contributed by atoms with E-state index in [2.05, 4.69) is 16.9 Å². The van der Waals surface area contributed by atoms with Gasteiger partial charge < -0.3 is 15.5 Å². The number of halogens is 1. The van der Waals surface area contributed by atoms with Gasteiger partial charge in [0, 0.05) is 23.5 Å². The molecule has 0 fully saturated rings. The average molecular weight is 427 g/mol. The van der Waals surface area contributed by atoms with Gasteiger partial charge in [-0.2, -0.15) is 0 Å². The Labute approximate surface area is 181 Å². The van der Waals surface area contributed by atoms with Crippen molar-refractivity contribution >= 4 is 17.5 Å². The van der Waals surface area contributed by atoms with Gasteiger partial charge in [-0.15, -0.1) is 0 Å². The van der Waals surface area contributed by atoms with Crippen LogP contribution < -0.4 is 10.5 Å². The van der Waals surface area contributed by atoms with Crippen LogP contribution in [0.25, 0.3) is 22.5 Å². The highest BCUT2D eigenvalue weighted by molar-refractivity contribution is 6.32. The van der Waals surface area contributed by atoms with Crippen molar-refractivity contribution in [3.05, 3.63) is 53.6 Å². The minimum atomic E-state index is -0.897. The summed E-state index contributed by atoms with van der Waals surface area (Å²) in [7, 11) is 1.57. The van der Waals surface area contributed by atoms with Crippen molar-refractivity contribution in [3.8, 4) is 28.3 Å². The predicted molar refractivity (Wildman–Crippen MR) is 120 cm³/mol. The first kappa shape index (κ1) is 21.8.